The maximum atomic E-state index is 12.9. The minimum atomic E-state index is -1.07. The van der Waals surface area contributed by atoms with Crippen molar-refractivity contribution in [1.82, 2.24) is 14.1 Å². The van der Waals surface area contributed by atoms with E-state index in [1.54, 1.807) is 48.5 Å². The summed E-state index contributed by atoms with van der Waals surface area (Å²) in [6.45, 7) is 1.61. The van der Waals surface area contributed by atoms with Crippen molar-refractivity contribution >= 4 is 34.0 Å². The Bertz CT molecular complexity index is 1170. The third-order valence-corrected chi connectivity index (χ3v) is 6.32. The summed E-state index contributed by atoms with van der Waals surface area (Å²) < 4.78 is 14.4. The molecule has 0 amide bonds. The topological polar surface area (TPSA) is 106 Å². The number of hydrogen-bond donors (Lipinski definition) is 2. The highest BCUT2D eigenvalue weighted by molar-refractivity contribution is 7.85. The molecule has 0 aliphatic carbocycles. The van der Waals surface area contributed by atoms with Crippen LogP contribution in [0.25, 0.3) is 0 Å². The molecule has 0 saturated heterocycles. The molecule has 0 aliphatic rings. The molecule has 1 atom stereocenters. The highest BCUT2D eigenvalue weighted by Gasteiger charge is 2.14. The Kier molecular flexibility index (Phi) is 7.78. The monoisotopic (exact) mass is 462 g/mol. The van der Waals surface area contributed by atoms with Crippen LogP contribution in [0, 0.1) is 0 Å². The number of benzene rings is 2. The lowest BCUT2D eigenvalue weighted by Crippen LogP contribution is -2.43. The van der Waals surface area contributed by atoms with E-state index in [9.17, 15) is 18.9 Å². The van der Waals surface area contributed by atoms with Crippen LogP contribution in [-0.4, -0.2) is 35.8 Å². The molecule has 0 radical (unpaired) electrons. The Hall–Kier alpha value is -2.75. The summed E-state index contributed by atoms with van der Waals surface area (Å²) in [4.78, 5) is 30.0. The van der Waals surface area contributed by atoms with Crippen molar-refractivity contribution < 1.29 is 9.32 Å². The van der Waals surface area contributed by atoms with Crippen LogP contribution < -0.4 is 16.7 Å². The van der Waals surface area contributed by atoms with E-state index in [-0.39, 0.29) is 25.6 Å². The van der Waals surface area contributed by atoms with Crippen molar-refractivity contribution in [3.8, 4) is 0 Å². The molecule has 2 N–H and O–H groups in total. The van der Waals surface area contributed by atoms with Gasteiger partial charge in [-0.25, -0.2) is 14.2 Å². The number of hydrogen-bond acceptors (Lipinski definition) is 6. The van der Waals surface area contributed by atoms with Gasteiger partial charge in [0, 0.05) is 21.4 Å². The highest BCUT2D eigenvalue weighted by atomic mass is 35.5. The Balaban J connectivity index is 1.98. The smallest absolute Gasteiger partial charge is 0.355 e. The van der Waals surface area contributed by atoms with Crippen molar-refractivity contribution in [3.63, 3.8) is 0 Å². The Labute approximate surface area is 186 Å². The quantitative estimate of drug-likeness (QED) is 0.505. The number of aliphatic hydroxyl groups is 1. The normalized spacial score (nSPS) is 12.0. The first kappa shape index (κ1) is 22.9. The predicted octanol–water partition coefficient (Wildman–Crippen LogP) is 2.36. The standard InChI is InChI=1S/C21H23ClN4O4S/c1-2-13-31(30)18-9-7-17(8-10-18)23-19-24-20(28)25(11-12-27)21(29)26(19)14-15-3-5-16(22)6-4-15/h3-10,27H,2,11-14H2,1H3,(H,23,24,28). The van der Waals surface area contributed by atoms with Gasteiger partial charge in [-0.1, -0.05) is 30.7 Å². The van der Waals surface area contributed by atoms with Gasteiger partial charge in [0.05, 0.1) is 30.5 Å². The van der Waals surface area contributed by atoms with Crippen LogP contribution in [0.15, 0.2) is 63.0 Å². The second-order valence-electron chi connectivity index (χ2n) is 6.79. The maximum absolute atomic E-state index is 12.9. The molecule has 0 saturated carbocycles. The average molecular weight is 463 g/mol. The third-order valence-electron chi connectivity index (χ3n) is 4.49. The largest absolute Gasteiger partial charge is 0.395 e. The van der Waals surface area contributed by atoms with Gasteiger partial charge < -0.3 is 10.4 Å². The summed E-state index contributed by atoms with van der Waals surface area (Å²) in [6, 6.07) is 13.9. The fraction of sp³-hybridized carbons (Fsp3) is 0.286. The number of nitrogens with one attached hydrogen (secondary N) is 1. The molecule has 8 nitrogen and oxygen atoms in total. The molecule has 0 bridgehead atoms. The predicted molar refractivity (Wildman–Crippen MR) is 122 cm³/mol. The van der Waals surface area contributed by atoms with Gasteiger partial charge in [-0.05, 0) is 48.4 Å². The zero-order valence-corrected chi connectivity index (χ0v) is 18.5. The lowest BCUT2D eigenvalue weighted by Gasteiger charge is -2.15. The van der Waals surface area contributed by atoms with Crippen LogP contribution in [0.3, 0.4) is 0 Å². The van der Waals surface area contributed by atoms with Crippen molar-refractivity contribution in [2.24, 2.45) is 0 Å². The van der Waals surface area contributed by atoms with Crippen LogP contribution >= 0.6 is 11.6 Å². The number of rotatable bonds is 9. The van der Waals surface area contributed by atoms with Gasteiger partial charge in [0.25, 0.3) is 0 Å². The van der Waals surface area contributed by atoms with Crippen LogP contribution in [0.1, 0.15) is 18.9 Å². The Morgan fingerprint density at radius 3 is 2.35 bits per heavy atom. The van der Waals surface area contributed by atoms with Crippen LogP contribution in [0.2, 0.25) is 5.02 Å². The molecular formula is C21H23ClN4O4S. The number of nitrogens with zero attached hydrogens (tertiary/aromatic N) is 3. The van der Waals surface area contributed by atoms with E-state index in [1.165, 1.54) is 4.57 Å². The van der Waals surface area contributed by atoms with E-state index in [0.717, 1.165) is 16.6 Å². The van der Waals surface area contributed by atoms with Crippen LogP contribution in [-0.2, 0) is 23.9 Å². The number of aliphatic hydroxyl groups excluding tert-OH is 1. The van der Waals surface area contributed by atoms with Crippen molar-refractivity contribution in [2.45, 2.75) is 31.3 Å². The van der Waals surface area contributed by atoms with E-state index in [4.69, 9.17) is 11.6 Å². The SMILES string of the molecule is CCCS(=O)c1ccc(Nc2nc(=O)n(CCO)c(=O)n2Cc2ccc(Cl)cc2)cc1. The molecule has 10 heteroatoms. The van der Waals surface area contributed by atoms with Crippen molar-refractivity contribution in [3.05, 3.63) is 80.1 Å². The van der Waals surface area contributed by atoms with Gasteiger partial charge in [0.2, 0.25) is 5.95 Å². The molecule has 2 aromatic carbocycles. The summed E-state index contributed by atoms with van der Waals surface area (Å²) in [5, 5.41) is 12.8. The fourth-order valence-corrected chi connectivity index (χ4v) is 4.13. The van der Waals surface area contributed by atoms with Crippen molar-refractivity contribution in [1.29, 1.82) is 0 Å². The molecule has 3 rings (SSSR count). The molecule has 0 aliphatic heterocycles. The molecule has 164 valence electrons. The first-order chi connectivity index (χ1) is 14.9. The van der Waals surface area contributed by atoms with Gasteiger partial charge in [-0.2, -0.15) is 4.98 Å². The fourth-order valence-electron chi connectivity index (χ4n) is 2.95. The summed E-state index contributed by atoms with van der Waals surface area (Å²) in [6.07, 6.45) is 0.817. The van der Waals surface area contributed by atoms with E-state index in [0.29, 0.717) is 21.4 Å². The molecule has 3 aromatic rings. The molecule has 1 unspecified atom stereocenters. The summed E-state index contributed by atoms with van der Waals surface area (Å²) in [5.74, 6) is 0.652. The second-order valence-corrected chi connectivity index (χ2v) is 8.79. The summed E-state index contributed by atoms with van der Waals surface area (Å²) in [5.41, 5.74) is 0.0333. The molecule has 31 heavy (non-hydrogen) atoms. The van der Waals surface area contributed by atoms with Gasteiger partial charge in [0.1, 0.15) is 0 Å². The molecule has 0 fully saturated rings. The third kappa shape index (κ3) is 5.69. The minimum absolute atomic E-state index is 0.0709. The van der Waals surface area contributed by atoms with Crippen molar-refractivity contribution in [2.75, 3.05) is 17.7 Å². The van der Waals surface area contributed by atoms with Gasteiger partial charge in [-0.3, -0.25) is 8.78 Å². The zero-order chi connectivity index (χ0) is 22.4. The Morgan fingerprint density at radius 1 is 1.06 bits per heavy atom. The van der Waals surface area contributed by atoms with E-state index in [1.807, 2.05) is 6.92 Å². The number of anilines is 2. The first-order valence-electron chi connectivity index (χ1n) is 9.75. The molecule has 1 aromatic heterocycles. The van der Waals surface area contributed by atoms with Crippen LogP contribution in [0.4, 0.5) is 11.6 Å². The molecular weight excluding hydrogens is 440 g/mol. The lowest BCUT2D eigenvalue weighted by molar-refractivity contribution is 0.268. The first-order valence-corrected chi connectivity index (χ1v) is 11.4. The summed E-state index contributed by atoms with van der Waals surface area (Å²) in [7, 11) is -1.07. The van der Waals surface area contributed by atoms with E-state index in [2.05, 4.69) is 10.3 Å². The van der Waals surface area contributed by atoms with E-state index >= 15 is 0 Å². The van der Waals surface area contributed by atoms with Gasteiger partial charge in [-0.15, -0.1) is 0 Å². The summed E-state index contributed by atoms with van der Waals surface area (Å²) >= 11 is 5.94. The molecule has 0 spiro atoms. The zero-order valence-electron chi connectivity index (χ0n) is 17.0. The Morgan fingerprint density at radius 2 is 1.74 bits per heavy atom. The second kappa shape index (κ2) is 10.5. The van der Waals surface area contributed by atoms with Gasteiger partial charge >= 0.3 is 11.4 Å². The average Bonchev–Trinajstić information content (AvgIpc) is 2.76. The maximum Gasteiger partial charge on any atom is 0.355 e. The van der Waals surface area contributed by atoms with Gasteiger partial charge in [0.15, 0.2) is 0 Å². The minimum Gasteiger partial charge on any atom is -0.395 e. The highest BCUT2D eigenvalue weighted by Crippen LogP contribution is 2.17. The number of aromatic nitrogens is 3. The number of halogens is 1. The van der Waals surface area contributed by atoms with Crippen LogP contribution in [0.5, 0.6) is 0 Å². The lowest BCUT2D eigenvalue weighted by atomic mass is 10.2. The van der Waals surface area contributed by atoms with E-state index < -0.39 is 22.2 Å². The molecule has 1 heterocycles.